The first-order valence-corrected chi connectivity index (χ1v) is 4.68. The summed E-state index contributed by atoms with van der Waals surface area (Å²) in [6.45, 7) is 0. The van der Waals surface area contributed by atoms with Gasteiger partial charge in [-0.2, -0.15) is 0 Å². The molecule has 13 heavy (non-hydrogen) atoms. The Labute approximate surface area is 78.0 Å². The van der Waals surface area contributed by atoms with Crippen LogP contribution in [0.4, 0.5) is 0 Å². The predicted molar refractivity (Wildman–Crippen MR) is 51.3 cm³/mol. The molecule has 0 bridgehead atoms. The molecule has 2 nitrogen and oxygen atoms in total. The third kappa shape index (κ3) is 2.08. The van der Waals surface area contributed by atoms with E-state index in [9.17, 15) is 4.79 Å². The van der Waals surface area contributed by atoms with E-state index in [1.54, 1.807) is 0 Å². The number of benzene rings is 1. The molecule has 0 aliphatic carbocycles. The molecule has 1 amide bonds. The van der Waals surface area contributed by atoms with E-state index in [4.69, 9.17) is 0 Å². The smallest absolute Gasteiger partial charge is 0.220 e. The molecule has 2 rings (SSSR count). The van der Waals surface area contributed by atoms with E-state index in [2.05, 4.69) is 17.4 Å². The summed E-state index contributed by atoms with van der Waals surface area (Å²) in [4.78, 5) is 10.9. The summed E-state index contributed by atoms with van der Waals surface area (Å²) in [5, 5.41) is 2.96. The number of nitrogens with one attached hydrogen (secondary N) is 1. The zero-order valence-corrected chi connectivity index (χ0v) is 7.49. The molecule has 0 radical (unpaired) electrons. The molecule has 0 spiro atoms. The second-order valence-electron chi connectivity index (χ2n) is 3.49. The lowest BCUT2D eigenvalue weighted by Crippen LogP contribution is -2.27. The van der Waals surface area contributed by atoms with E-state index in [0.29, 0.717) is 12.5 Å². The SMILES string of the molecule is O=C1CC[C@@H](Cc2ccccc2)N1. The van der Waals surface area contributed by atoms with Gasteiger partial charge in [-0.1, -0.05) is 30.3 Å². The Hall–Kier alpha value is -1.31. The standard InChI is InChI=1S/C11H13NO/c13-11-7-6-10(12-11)8-9-4-2-1-3-5-9/h1-5,10H,6-8H2,(H,12,13)/t10-/m0/s1. The zero-order chi connectivity index (χ0) is 9.10. The molecular formula is C11H13NO. The highest BCUT2D eigenvalue weighted by Gasteiger charge is 2.20. The number of hydrogen-bond donors (Lipinski definition) is 1. The first kappa shape index (κ1) is 8.30. The molecule has 1 saturated heterocycles. The van der Waals surface area contributed by atoms with Crippen molar-refractivity contribution in [2.75, 3.05) is 0 Å². The summed E-state index contributed by atoms with van der Waals surface area (Å²) in [5.41, 5.74) is 1.30. The van der Waals surface area contributed by atoms with E-state index in [1.165, 1.54) is 5.56 Å². The van der Waals surface area contributed by atoms with Crippen LogP contribution in [-0.4, -0.2) is 11.9 Å². The van der Waals surface area contributed by atoms with Crippen molar-refractivity contribution in [1.29, 1.82) is 0 Å². The molecule has 1 atom stereocenters. The van der Waals surface area contributed by atoms with Crippen molar-refractivity contribution in [1.82, 2.24) is 5.32 Å². The monoisotopic (exact) mass is 175 g/mol. The third-order valence-corrected chi connectivity index (χ3v) is 2.41. The third-order valence-electron chi connectivity index (χ3n) is 2.41. The van der Waals surface area contributed by atoms with Crippen molar-refractivity contribution in [2.24, 2.45) is 0 Å². The van der Waals surface area contributed by atoms with Gasteiger partial charge in [0.15, 0.2) is 0 Å². The maximum Gasteiger partial charge on any atom is 0.220 e. The Kier molecular flexibility index (Phi) is 2.30. The van der Waals surface area contributed by atoms with Gasteiger partial charge in [-0.3, -0.25) is 4.79 Å². The lowest BCUT2D eigenvalue weighted by molar-refractivity contribution is -0.119. The number of carbonyl (C=O) groups excluding carboxylic acids is 1. The van der Waals surface area contributed by atoms with Gasteiger partial charge in [0.2, 0.25) is 5.91 Å². The van der Waals surface area contributed by atoms with Crippen molar-refractivity contribution < 1.29 is 4.79 Å². The molecular weight excluding hydrogens is 162 g/mol. The summed E-state index contributed by atoms with van der Waals surface area (Å²) in [6, 6.07) is 10.6. The average Bonchev–Trinajstić information content (AvgIpc) is 2.53. The van der Waals surface area contributed by atoms with Crippen LogP contribution in [0.1, 0.15) is 18.4 Å². The summed E-state index contributed by atoms with van der Waals surface area (Å²) in [7, 11) is 0. The van der Waals surface area contributed by atoms with E-state index < -0.39 is 0 Å². The Morgan fingerprint density at radius 1 is 1.31 bits per heavy atom. The minimum atomic E-state index is 0.195. The second kappa shape index (κ2) is 3.60. The Bertz CT molecular complexity index is 294. The van der Waals surface area contributed by atoms with Crippen molar-refractivity contribution in [2.45, 2.75) is 25.3 Å². The first-order valence-electron chi connectivity index (χ1n) is 4.68. The predicted octanol–water partition coefficient (Wildman–Crippen LogP) is 1.51. The van der Waals surface area contributed by atoms with Gasteiger partial charge in [0.05, 0.1) is 0 Å². The summed E-state index contributed by atoms with van der Waals surface area (Å²) >= 11 is 0. The molecule has 1 aromatic rings. The van der Waals surface area contributed by atoms with Crippen LogP contribution in [0.3, 0.4) is 0 Å². The fraction of sp³-hybridized carbons (Fsp3) is 0.364. The normalized spacial score (nSPS) is 21.5. The highest BCUT2D eigenvalue weighted by atomic mass is 16.1. The average molecular weight is 175 g/mol. The molecule has 1 fully saturated rings. The maximum absolute atomic E-state index is 10.9. The van der Waals surface area contributed by atoms with Crippen LogP contribution in [0.5, 0.6) is 0 Å². The molecule has 1 aliphatic rings. The van der Waals surface area contributed by atoms with Gasteiger partial charge in [-0.05, 0) is 18.4 Å². The zero-order valence-electron chi connectivity index (χ0n) is 7.49. The molecule has 1 aromatic carbocycles. The Morgan fingerprint density at radius 3 is 2.69 bits per heavy atom. The highest BCUT2D eigenvalue weighted by molar-refractivity contribution is 5.78. The van der Waals surface area contributed by atoms with Crippen molar-refractivity contribution in [3.63, 3.8) is 0 Å². The van der Waals surface area contributed by atoms with Gasteiger partial charge >= 0.3 is 0 Å². The van der Waals surface area contributed by atoms with Crippen LogP contribution in [0, 0.1) is 0 Å². The topological polar surface area (TPSA) is 29.1 Å². The maximum atomic E-state index is 10.9. The fourth-order valence-corrected chi connectivity index (χ4v) is 1.73. The molecule has 0 aromatic heterocycles. The van der Waals surface area contributed by atoms with E-state index in [0.717, 1.165) is 12.8 Å². The highest BCUT2D eigenvalue weighted by Crippen LogP contribution is 2.12. The van der Waals surface area contributed by atoms with Gasteiger partial charge in [-0.25, -0.2) is 0 Å². The molecule has 1 N–H and O–H groups in total. The number of carbonyl (C=O) groups is 1. The van der Waals surface area contributed by atoms with E-state index in [-0.39, 0.29) is 5.91 Å². The van der Waals surface area contributed by atoms with Crippen LogP contribution in [-0.2, 0) is 11.2 Å². The van der Waals surface area contributed by atoms with E-state index in [1.807, 2.05) is 18.2 Å². The number of rotatable bonds is 2. The minimum Gasteiger partial charge on any atom is -0.353 e. The number of hydrogen-bond acceptors (Lipinski definition) is 1. The van der Waals surface area contributed by atoms with Crippen LogP contribution >= 0.6 is 0 Å². The van der Waals surface area contributed by atoms with Crippen LogP contribution in [0.2, 0.25) is 0 Å². The van der Waals surface area contributed by atoms with Crippen LogP contribution in [0.25, 0.3) is 0 Å². The first-order chi connectivity index (χ1) is 6.34. The van der Waals surface area contributed by atoms with Gasteiger partial charge in [-0.15, -0.1) is 0 Å². The van der Waals surface area contributed by atoms with Crippen molar-refractivity contribution >= 4 is 5.91 Å². The van der Waals surface area contributed by atoms with E-state index >= 15 is 0 Å². The van der Waals surface area contributed by atoms with Crippen LogP contribution in [0.15, 0.2) is 30.3 Å². The summed E-state index contributed by atoms with van der Waals surface area (Å²) in [6.07, 6.45) is 2.64. The molecule has 1 aliphatic heterocycles. The van der Waals surface area contributed by atoms with Gasteiger partial charge < -0.3 is 5.32 Å². The molecule has 1 heterocycles. The van der Waals surface area contributed by atoms with Crippen molar-refractivity contribution in [3.8, 4) is 0 Å². The summed E-state index contributed by atoms with van der Waals surface area (Å²) < 4.78 is 0. The van der Waals surface area contributed by atoms with Gasteiger partial charge in [0, 0.05) is 12.5 Å². The Balaban J connectivity index is 1.96. The minimum absolute atomic E-state index is 0.195. The fourth-order valence-electron chi connectivity index (χ4n) is 1.73. The van der Waals surface area contributed by atoms with Gasteiger partial charge in [0.25, 0.3) is 0 Å². The second-order valence-corrected chi connectivity index (χ2v) is 3.49. The molecule has 68 valence electrons. The van der Waals surface area contributed by atoms with Crippen LogP contribution < -0.4 is 5.32 Å². The quantitative estimate of drug-likeness (QED) is 0.725. The molecule has 0 saturated carbocycles. The lowest BCUT2D eigenvalue weighted by Gasteiger charge is -2.08. The molecule has 2 heteroatoms. The largest absolute Gasteiger partial charge is 0.353 e. The van der Waals surface area contributed by atoms with Gasteiger partial charge in [0.1, 0.15) is 0 Å². The van der Waals surface area contributed by atoms with Crippen molar-refractivity contribution in [3.05, 3.63) is 35.9 Å². The molecule has 0 unspecified atom stereocenters. The summed E-state index contributed by atoms with van der Waals surface area (Å²) in [5.74, 6) is 0.195. The Morgan fingerprint density at radius 2 is 2.08 bits per heavy atom. The lowest BCUT2D eigenvalue weighted by atomic mass is 10.1. The number of amides is 1.